The molecular weight excluding hydrogens is 372 g/mol. The number of nitrogens with one attached hydrogen (secondary N) is 1. The van der Waals surface area contributed by atoms with Gasteiger partial charge in [-0.1, -0.05) is 18.2 Å². The summed E-state index contributed by atoms with van der Waals surface area (Å²) in [6.07, 6.45) is 0. The van der Waals surface area contributed by atoms with Crippen LogP contribution in [0.1, 0.15) is 19.4 Å². The monoisotopic (exact) mass is 396 g/mol. The smallest absolute Gasteiger partial charge is 0.278 e. The fourth-order valence-corrected chi connectivity index (χ4v) is 3.27. The lowest BCUT2D eigenvalue weighted by Gasteiger charge is -2.19. The van der Waals surface area contributed by atoms with Gasteiger partial charge in [0.25, 0.3) is 11.8 Å². The number of para-hydroxylation sites is 1. The van der Waals surface area contributed by atoms with Gasteiger partial charge in [-0.15, -0.1) is 0 Å². The van der Waals surface area contributed by atoms with Gasteiger partial charge in [0, 0.05) is 17.7 Å². The average molecular weight is 396 g/mol. The van der Waals surface area contributed by atoms with E-state index in [9.17, 15) is 9.59 Å². The largest absolute Gasteiger partial charge is 0.497 e. The van der Waals surface area contributed by atoms with E-state index in [0.717, 1.165) is 0 Å². The maximum Gasteiger partial charge on any atom is 0.278 e. The predicted molar refractivity (Wildman–Crippen MR) is 110 cm³/mol. The van der Waals surface area contributed by atoms with Gasteiger partial charge in [0.15, 0.2) is 0 Å². The summed E-state index contributed by atoms with van der Waals surface area (Å²) in [7, 11) is 4.61. The quantitative estimate of drug-likeness (QED) is 0.724. The molecule has 0 radical (unpaired) electrons. The first-order valence-corrected chi connectivity index (χ1v) is 9.17. The minimum atomic E-state index is -0.399. The first-order valence-electron chi connectivity index (χ1n) is 9.17. The minimum Gasteiger partial charge on any atom is -0.497 e. The molecule has 0 unspecified atom stereocenters. The normalized spacial score (nSPS) is 13.9. The van der Waals surface area contributed by atoms with Gasteiger partial charge in [0.2, 0.25) is 0 Å². The van der Waals surface area contributed by atoms with Gasteiger partial charge in [-0.05, 0) is 32.0 Å². The first-order chi connectivity index (χ1) is 13.9. The maximum absolute atomic E-state index is 13.2. The van der Waals surface area contributed by atoms with E-state index in [-0.39, 0.29) is 23.2 Å². The van der Waals surface area contributed by atoms with Gasteiger partial charge in [0.1, 0.15) is 22.9 Å². The second-order valence-corrected chi connectivity index (χ2v) is 6.72. The number of benzene rings is 2. The number of nitrogens with zero attached hydrogens (tertiary/aromatic N) is 1. The van der Waals surface area contributed by atoms with Crippen molar-refractivity contribution in [2.24, 2.45) is 0 Å². The number of ether oxygens (including phenoxy) is 3. The molecule has 2 amide bonds. The molecule has 0 saturated carbocycles. The van der Waals surface area contributed by atoms with Crippen LogP contribution in [0.15, 0.2) is 48.2 Å². The van der Waals surface area contributed by atoms with E-state index < -0.39 is 5.91 Å². The van der Waals surface area contributed by atoms with Crippen LogP contribution in [-0.4, -0.2) is 44.1 Å². The third-order valence-corrected chi connectivity index (χ3v) is 4.68. The Hall–Kier alpha value is -3.48. The number of amides is 2. The second kappa shape index (κ2) is 8.26. The molecule has 1 aliphatic heterocycles. The molecule has 1 N–H and O–H groups in total. The van der Waals surface area contributed by atoms with Gasteiger partial charge >= 0.3 is 0 Å². The molecule has 0 atom stereocenters. The Bertz CT molecular complexity index is 981. The fourth-order valence-electron chi connectivity index (χ4n) is 3.27. The van der Waals surface area contributed by atoms with Gasteiger partial charge < -0.3 is 19.5 Å². The Labute approximate surface area is 169 Å². The van der Waals surface area contributed by atoms with Crippen molar-refractivity contribution in [3.63, 3.8) is 0 Å². The molecule has 152 valence electrons. The zero-order valence-electron chi connectivity index (χ0n) is 17.1. The van der Waals surface area contributed by atoms with Crippen LogP contribution < -0.4 is 19.5 Å². The highest BCUT2D eigenvalue weighted by atomic mass is 16.5. The third-order valence-electron chi connectivity index (χ3n) is 4.68. The van der Waals surface area contributed by atoms with E-state index in [1.165, 1.54) is 19.1 Å². The summed E-state index contributed by atoms with van der Waals surface area (Å²) < 4.78 is 16.1. The molecule has 0 aliphatic carbocycles. The standard InChI is InChI=1S/C22H24N2O5/c1-13(2)24-21(25)19(15-8-6-7-9-17(15)28-4)20(22(24)26)23-16-11-10-14(27-3)12-18(16)29-5/h6-13,23H,1-5H3. The Morgan fingerprint density at radius 1 is 0.862 bits per heavy atom. The van der Waals surface area contributed by atoms with Gasteiger partial charge in [-0.2, -0.15) is 0 Å². The maximum atomic E-state index is 13.2. The number of anilines is 1. The van der Waals surface area contributed by atoms with E-state index in [2.05, 4.69) is 5.32 Å². The molecule has 1 aliphatic rings. The summed E-state index contributed by atoms with van der Waals surface area (Å²) in [5, 5.41) is 3.11. The van der Waals surface area contributed by atoms with Crippen molar-refractivity contribution in [3.8, 4) is 17.2 Å². The van der Waals surface area contributed by atoms with Crippen molar-refractivity contribution >= 4 is 23.1 Å². The summed E-state index contributed by atoms with van der Waals surface area (Å²) in [4.78, 5) is 27.6. The summed E-state index contributed by atoms with van der Waals surface area (Å²) in [5.41, 5.74) is 1.53. The molecule has 3 rings (SSSR count). The van der Waals surface area contributed by atoms with Crippen LogP contribution in [0.5, 0.6) is 17.2 Å². The number of rotatable bonds is 7. The summed E-state index contributed by atoms with van der Waals surface area (Å²) in [6, 6.07) is 12.0. The number of carbonyl (C=O) groups is 2. The fraction of sp³-hybridized carbons (Fsp3) is 0.273. The lowest BCUT2D eigenvalue weighted by molar-refractivity contribution is -0.138. The van der Waals surface area contributed by atoms with Crippen molar-refractivity contribution in [2.75, 3.05) is 26.6 Å². The number of carbonyl (C=O) groups excluding carboxylic acids is 2. The predicted octanol–water partition coefficient (Wildman–Crippen LogP) is 3.31. The van der Waals surface area contributed by atoms with Crippen LogP contribution in [0.3, 0.4) is 0 Å². The number of hydrogen-bond acceptors (Lipinski definition) is 6. The molecule has 0 spiro atoms. The average Bonchev–Trinajstić information content (AvgIpc) is 2.97. The van der Waals surface area contributed by atoms with Crippen LogP contribution in [0.4, 0.5) is 5.69 Å². The first kappa shape index (κ1) is 20.3. The van der Waals surface area contributed by atoms with Crippen LogP contribution in [0, 0.1) is 0 Å². The highest BCUT2D eigenvalue weighted by Gasteiger charge is 2.41. The SMILES string of the molecule is COc1ccc(NC2=C(c3ccccc3OC)C(=O)N(C(C)C)C2=O)c(OC)c1. The van der Waals surface area contributed by atoms with Crippen LogP contribution in [0.2, 0.25) is 0 Å². The summed E-state index contributed by atoms with van der Waals surface area (Å²) in [5.74, 6) is 0.840. The van der Waals surface area contributed by atoms with Crippen molar-refractivity contribution < 1.29 is 23.8 Å². The zero-order valence-corrected chi connectivity index (χ0v) is 17.1. The highest BCUT2D eigenvalue weighted by Crippen LogP contribution is 2.38. The van der Waals surface area contributed by atoms with E-state index in [1.807, 2.05) is 6.07 Å². The van der Waals surface area contributed by atoms with Crippen molar-refractivity contribution in [2.45, 2.75) is 19.9 Å². The lowest BCUT2D eigenvalue weighted by Crippen LogP contribution is -2.38. The lowest BCUT2D eigenvalue weighted by atomic mass is 10.0. The highest BCUT2D eigenvalue weighted by molar-refractivity contribution is 6.37. The number of hydrogen-bond donors (Lipinski definition) is 1. The molecule has 0 saturated heterocycles. The molecule has 0 fully saturated rings. The second-order valence-electron chi connectivity index (χ2n) is 6.72. The van der Waals surface area contributed by atoms with Gasteiger partial charge in [0.05, 0.1) is 32.6 Å². The molecule has 2 aromatic carbocycles. The summed E-state index contributed by atoms with van der Waals surface area (Å²) >= 11 is 0. The number of imide groups is 1. The van der Waals surface area contributed by atoms with Gasteiger partial charge in [-0.25, -0.2) is 0 Å². The Balaban J connectivity index is 2.16. The molecule has 0 aromatic heterocycles. The van der Waals surface area contributed by atoms with Gasteiger partial charge in [-0.3, -0.25) is 14.5 Å². The Morgan fingerprint density at radius 2 is 1.55 bits per heavy atom. The third kappa shape index (κ3) is 3.63. The summed E-state index contributed by atoms with van der Waals surface area (Å²) in [6.45, 7) is 3.60. The molecule has 1 heterocycles. The molecule has 0 bridgehead atoms. The van der Waals surface area contributed by atoms with Crippen LogP contribution in [0.25, 0.3) is 5.57 Å². The van der Waals surface area contributed by atoms with E-state index in [4.69, 9.17) is 14.2 Å². The Kier molecular flexibility index (Phi) is 5.77. The van der Waals surface area contributed by atoms with Crippen LogP contribution in [-0.2, 0) is 9.59 Å². The molecule has 2 aromatic rings. The molecule has 7 heteroatoms. The molecule has 29 heavy (non-hydrogen) atoms. The van der Waals surface area contributed by atoms with E-state index >= 15 is 0 Å². The molecule has 7 nitrogen and oxygen atoms in total. The van der Waals surface area contributed by atoms with Crippen molar-refractivity contribution in [1.82, 2.24) is 4.90 Å². The van der Waals surface area contributed by atoms with Crippen LogP contribution >= 0.6 is 0 Å². The van der Waals surface area contributed by atoms with Crippen molar-refractivity contribution in [3.05, 3.63) is 53.7 Å². The number of methoxy groups -OCH3 is 3. The molecular formula is C22H24N2O5. The zero-order chi connectivity index (χ0) is 21.1. The van der Waals surface area contributed by atoms with Crippen molar-refractivity contribution in [1.29, 1.82) is 0 Å². The van der Waals surface area contributed by atoms with E-state index in [0.29, 0.717) is 28.5 Å². The topological polar surface area (TPSA) is 77.1 Å². The minimum absolute atomic E-state index is 0.177. The Morgan fingerprint density at radius 3 is 2.17 bits per heavy atom. The van der Waals surface area contributed by atoms with E-state index in [1.54, 1.807) is 57.4 Å².